The second-order valence-electron chi connectivity index (χ2n) is 9.97. The van der Waals surface area contributed by atoms with E-state index in [0.717, 1.165) is 56.2 Å². The zero-order chi connectivity index (χ0) is 28.4. The van der Waals surface area contributed by atoms with E-state index in [2.05, 4.69) is 20.3 Å². The van der Waals surface area contributed by atoms with E-state index in [1.807, 2.05) is 19.9 Å². The van der Waals surface area contributed by atoms with Gasteiger partial charge in [-0.1, -0.05) is 37.3 Å². The number of carbonyl (C=O) groups excluding carboxylic acids is 2. The highest BCUT2D eigenvalue weighted by Gasteiger charge is 2.37. The Morgan fingerprint density at radius 1 is 1.15 bits per heavy atom. The first-order valence-electron chi connectivity index (χ1n) is 13.2. The summed E-state index contributed by atoms with van der Waals surface area (Å²) in [5.74, 6) is -1.19. The lowest BCUT2D eigenvalue weighted by atomic mass is 10.0. The van der Waals surface area contributed by atoms with Crippen LogP contribution in [0.2, 0.25) is 0 Å². The number of halogens is 4. The molecule has 0 saturated carbocycles. The number of amides is 2. The quantitative estimate of drug-likeness (QED) is 0.128. The van der Waals surface area contributed by atoms with Gasteiger partial charge in [-0.05, 0) is 96.9 Å². The molecule has 1 aliphatic carbocycles. The first kappa shape index (κ1) is 31.5. The highest BCUT2D eigenvalue weighted by Crippen LogP contribution is 2.42. The zero-order valence-electron chi connectivity index (χ0n) is 22.1. The third kappa shape index (κ3) is 9.54. The Morgan fingerprint density at radius 2 is 1.92 bits per heavy atom. The number of alkyl halides is 2. The summed E-state index contributed by atoms with van der Waals surface area (Å²) in [4.78, 5) is 30.5. The van der Waals surface area contributed by atoms with Gasteiger partial charge in [0, 0.05) is 18.0 Å². The SMILES string of the molecule is CC(C)CC(NC(=O)C1=CCCC2=C(CCC2)S1)C(=O)NCCCCNSc1ccc(F)cc1C(F)(F)OF. The van der Waals surface area contributed by atoms with Crippen molar-refractivity contribution in [1.82, 2.24) is 15.4 Å². The molecule has 0 bridgehead atoms. The molecule has 1 atom stereocenters. The van der Waals surface area contributed by atoms with Crippen LogP contribution in [0, 0.1) is 11.7 Å². The summed E-state index contributed by atoms with van der Waals surface area (Å²) in [7, 11) is 0. The minimum atomic E-state index is -4.26. The van der Waals surface area contributed by atoms with Crippen LogP contribution in [0.15, 0.2) is 44.6 Å². The van der Waals surface area contributed by atoms with Gasteiger partial charge in [0.1, 0.15) is 11.9 Å². The van der Waals surface area contributed by atoms with Crippen molar-refractivity contribution in [1.29, 1.82) is 0 Å². The van der Waals surface area contributed by atoms with Crippen LogP contribution >= 0.6 is 23.7 Å². The van der Waals surface area contributed by atoms with Crippen molar-refractivity contribution in [2.75, 3.05) is 13.1 Å². The number of thioether (sulfide) groups is 1. The van der Waals surface area contributed by atoms with Crippen LogP contribution in [-0.4, -0.2) is 30.9 Å². The maximum Gasteiger partial charge on any atom is 0.414 e. The topological polar surface area (TPSA) is 79.5 Å². The third-order valence-corrected chi connectivity index (χ3v) is 8.61. The molecule has 0 fully saturated rings. The smallest absolute Gasteiger partial charge is 0.354 e. The average molecular weight is 590 g/mol. The number of carbonyl (C=O) groups is 2. The maximum absolute atomic E-state index is 13.6. The molecule has 3 rings (SSSR count). The molecule has 6 nitrogen and oxygen atoms in total. The summed E-state index contributed by atoms with van der Waals surface area (Å²) in [6.45, 7) is 4.76. The van der Waals surface area contributed by atoms with Gasteiger partial charge >= 0.3 is 6.11 Å². The van der Waals surface area contributed by atoms with Crippen molar-refractivity contribution in [3.05, 3.63) is 51.0 Å². The second-order valence-corrected chi connectivity index (χ2v) is 12.0. The van der Waals surface area contributed by atoms with Crippen LogP contribution < -0.4 is 15.4 Å². The van der Waals surface area contributed by atoms with Crippen molar-refractivity contribution in [2.45, 2.75) is 82.3 Å². The van der Waals surface area contributed by atoms with E-state index >= 15 is 0 Å². The van der Waals surface area contributed by atoms with Gasteiger partial charge in [0.2, 0.25) is 5.91 Å². The number of rotatable bonds is 14. The molecule has 1 heterocycles. The fourth-order valence-electron chi connectivity index (χ4n) is 4.44. The Hall–Kier alpha value is -2.02. The molecule has 1 aromatic rings. The summed E-state index contributed by atoms with van der Waals surface area (Å²) in [6.07, 6.45) is 4.48. The number of nitrogens with one attached hydrogen (secondary N) is 3. The predicted molar refractivity (Wildman–Crippen MR) is 146 cm³/mol. The van der Waals surface area contributed by atoms with Gasteiger partial charge in [-0.25, -0.2) is 4.39 Å². The van der Waals surface area contributed by atoms with Crippen molar-refractivity contribution in [2.24, 2.45) is 5.92 Å². The largest absolute Gasteiger partial charge is 0.414 e. The van der Waals surface area contributed by atoms with E-state index in [9.17, 15) is 27.3 Å². The van der Waals surface area contributed by atoms with E-state index in [-0.39, 0.29) is 22.6 Å². The van der Waals surface area contributed by atoms with Gasteiger partial charge in [-0.15, -0.1) is 4.94 Å². The lowest BCUT2D eigenvalue weighted by Crippen LogP contribution is -2.47. The van der Waals surface area contributed by atoms with Crippen LogP contribution in [0.3, 0.4) is 0 Å². The van der Waals surface area contributed by atoms with Gasteiger partial charge in [0.25, 0.3) is 5.91 Å². The second kappa shape index (κ2) is 15.1. The van der Waals surface area contributed by atoms with E-state index in [0.29, 0.717) is 43.3 Å². The first-order chi connectivity index (χ1) is 18.6. The Labute approximate surface area is 235 Å². The summed E-state index contributed by atoms with van der Waals surface area (Å²) in [6, 6.07) is 1.99. The average Bonchev–Trinajstić information content (AvgIpc) is 3.24. The molecular weight excluding hydrogens is 554 g/mol. The molecular formula is C27H35F4N3O3S2. The van der Waals surface area contributed by atoms with Crippen LogP contribution in [0.4, 0.5) is 17.7 Å². The molecule has 0 saturated heterocycles. The fourth-order valence-corrected chi connectivity index (χ4v) is 6.47. The highest BCUT2D eigenvalue weighted by atomic mass is 32.2. The van der Waals surface area contributed by atoms with E-state index < -0.39 is 23.5 Å². The lowest BCUT2D eigenvalue weighted by Gasteiger charge is -2.21. The van der Waals surface area contributed by atoms with Crippen molar-refractivity contribution in [3.63, 3.8) is 0 Å². The lowest BCUT2D eigenvalue weighted by molar-refractivity contribution is -0.365. The Kier molecular flexibility index (Phi) is 12.2. The Bertz CT molecular complexity index is 1080. The van der Waals surface area contributed by atoms with Gasteiger partial charge < -0.3 is 10.6 Å². The van der Waals surface area contributed by atoms with Gasteiger partial charge in [0.15, 0.2) is 0 Å². The maximum atomic E-state index is 13.6. The molecule has 1 aliphatic heterocycles. The Balaban J connectivity index is 1.42. The summed E-state index contributed by atoms with van der Waals surface area (Å²) >= 11 is 2.35. The summed E-state index contributed by atoms with van der Waals surface area (Å²) in [5, 5.41) is 5.80. The predicted octanol–water partition coefficient (Wildman–Crippen LogP) is 6.65. The number of unbranched alkanes of at least 4 members (excludes halogenated alkanes) is 1. The van der Waals surface area contributed by atoms with E-state index in [1.54, 1.807) is 0 Å². The summed E-state index contributed by atoms with van der Waals surface area (Å²) < 4.78 is 55.7. The molecule has 0 aromatic heterocycles. The van der Waals surface area contributed by atoms with Crippen LogP contribution in [0.5, 0.6) is 0 Å². The molecule has 2 aliphatic rings. The third-order valence-electron chi connectivity index (χ3n) is 6.38. The van der Waals surface area contributed by atoms with Gasteiger partial charge in [-0.3, -0.25) is 14.3 Å². The monoisotopic (exact) mass is 589 g/mol. The zero-order valence-corrected chi connectivity index (χ0v) is 23.7. The number of hydrogen-bond acceptors (Lipinski definition) is 6. The molecule has 216 valence electrons. The number of allylic oxidation sites excluding steroid dienone is 3. The molecule has 0 radical (unpaired) electrons. The normalized spacial score (nSPS) is 16.5. The standard InChI is InChI=1S/C27H35F4N3O3S2/c1-17(2)15-21(34-26(36)24-10-6-8-18-7-5-9-22(18)38-24)25(35)32-13-3-4-14-33-39-23-12-11-19(28)16-20(23)27(29,30)37-31/h10-12,16-17,21,33H,3-9,13-15H2,1-2H3,(H,32,35)(H,34,36). The highest BCUT2D eigenvalue weighted by molar-refractivity contribution is 8.07. The molecule has 1 unspecified atom stereocenters. The first-order valence-corrected chi connectivity index (χ1v) is 14.8. The minimum absolute atomic E-state index is 0.0676. The molecule has 2 amide bonds. The molecule has 12 heteroatoms. The van der Waals surface area contributed by atoms with Crippen molar-refractivity contribution >= 4 is 35.5 Å². The number of hydrogen-bond donors (Lipinski definition) is 3. The fraction of sp³-hybridized carbons (Fsp3) is 0.556. The molecule has 3 N–H and O–H groups in total. The van der Waals surface area contributed by atoms with Gasteiger partial charge in [-0.2, -0.15) is 8.78 Å². The molecule has 1 aromatic carbocycles. The van der Waals surface area contributed by atoms with Crippen LogP contribution in [-0.2, 0) is 20.6 Å². The minimum Gasteiger partial charge on any atom is -0.354 e. The summed E-state index contributed by atoms with van der Waals surface area (Å²) in [5.41, 5.74) is 0.541. The van der Waals surface area contributed by atoms with E-state index in [4.69, 9.17) is 0 Å². The molecule has 0 spiro atoms. The number of benzene rings is 1. The van der Waals surface area contributed by atoms with Crippen molar-refractivity contribution < 1.29 is 32.2 Å². The van der Waals surface area contributed by atoms with Crippen molar-refractivity contribution in [3.8, 4) is 0 Å². The van der Waals surface area contributed by atoms with E-state index in [1.165, 1.54) is 22.2 Å². The Morgan fingerprint density at radius 3 is 2.67 bits per heavy atom. The van der Waals surface area contributed by atoms with Crippen LogP contribution in [0.25, 0.3) is 0 Å². The van der Waals surface area contributed by atoms with Gasteiger partial charge in [0.05, 0.1) is 10.5 Å². The van der Waals surface area contributed by atoms with Crippen LogP contribution in [0.1, 0.15) is 70.8 Å². The molecule has 39 heavy (non-hydrogen) atoms.